The molecule has 0 saturated carbocycles. The van der Waals surface area contributed by atoms with Crippen LogP contribution in [-0.4, -0.2) is 24.8 Å². The Labute approximate surface area is 125 Å². The summed E-state index contributed by atoms with van der Waals surface area (Å²) in [5.74, 6) is 0.685. The van der Waals surface area contributed by atoms with Crippen molar-refractivity contribution in [1.82, 2.24) is 5.32 Å². The van der Waals surface area contributed by atoms with E-state index in [-0.39, 0.29) is 18.3 Å². The molecule has 0 radical (unpaired) electrons. The Balaban J connectivity index is 2.57. The van der Waals surface area contributed by atoms with Crippen LogP contribution >= 0.6 is 0 Å². The van der Waals surface area contributed by atoms with E-state index in [1.54, 1.807) is 18.2 Å². The molecule has 0 fully saturated rings. The Hall–Kier alpha value is -2.04. The first kappa shape index (κ1) is 17.0. The molecule has 0 aliphatic heterocycles. The summed E-state index contributed by atoms with van der Waals surface area (Å²) in [4.78, 5) is 23.3. The molecule has 1 rings (SSSR count). The van der Waals surface area contributed by atoms with Crippen molar-refractivity contribution in [3.8, 4) is 5.75 Å². The van der Waals surface area contributed by atoms with Crippen molar-refractivity contribution in [3.05, 3.63) is 23.8 Å². The molecule has 0 saturated heterocycles. The highest BCUT2D eigenvalue weighted by Gasteiger charge is 2.10. The summed E-state index contributed by atoms with van der Waals surface area (Å²) >= 11 is 0. The van der Waals surface area contributed by atoms with Gasteiger partial charge in [0.1, 0.15) is 5.75 Å². The normalized spacial score (nSPS) is 10.5. The van der Waals surface area contributed by atoms with E-state index in [0.29, 0.717) is 35.9 Å². The van der Waals surface area contributed by atoms with Crippen LogP contribution in [-0.2, 0) is 4.79 Å². The molecule has 1 aromatic rings. The van der Waals surface area contributed by atoms with Crippen molar-refractivity contribution in [2.75, 3.05) is 18.9 Å². The molecule has 1 amide bonds. The van der Waals surface area contributed by atoms with E-state index in [4.69, 9.17) is 10.5 Å². The number of ether oxygens (including phenoxy) is 1. The van der Waals surface area contributed by atoms with Crippen LogP contribution in [0.1, 0.15) is 44.0 Å². The van der Waals surface area contributed by atoms with Gasteiger partial charge in [-0.2, -0.15) is 0 Å². The Bertz CT molecular complexity index is 498. The number of ketones is 1. The number of carbonyl (C=O) groups excluding carboxylic acids is 2. The highest BCUT2D eigenvalue weighted by molar-refractivity contribution is 5.97. The number of nitrogen functional groups attached to an aromatic ring is 1. The van der Waals surface area contributed by atoms with Crippen LogP contribution in [0.2, 0.25) is 0 Å². The van der Waals surface area contributed by atoms with Crippen molar-refractivity contribution in [2.45, 2.75) is 33.6 Å². The SMILES string of the molecule is CCCC(=O)c1ccc(OCC(=O)NCC(C)C)c(N)c1. The van der Waals surface area contributed by atoms with E-state index < -0.39 is 0 Å². The summed E-state index contributed by atoms with van der Waals surface area (Å²) in [5, 5.41) is 2.76. The topological polar surface area (TPSA) is 81.4 Å². The van der Waals surface area contributed by atoms with Gasteiger partial charge in [-0.1, -0.05) is 20.8 Å². The quantitative estimate of drug-likeness (QED) is 0.569. The van der Waals surface area contributed by atoms with Gasteiger partial charge in [0.25, 0.3) is 5.91 Å². The Morgan fingerprint density at radius 1 is 1.33 bits per heavy atom. The number of nitrogens with one attached hydrogen (secondary N) is 1. The fourth-order valence-electron chi connectivity index (χ4n) is 1.74. The predicted molar refractivity (Wildman–Crippen MR) is 83.4 cm³/mol. The van der Waals surface area contributed by atoms with E-state index >= 15 is 0 Å². The smallest absolute Gasteiger partial charge is 0.257 e. The maximum absolute atomic E-state index is 11.8. The third-order valence-corrected chi connectivity index (χ3v) is 2.88. The number of benzene rings is 1. The molecule has 116 valence electrons. The average Bonchev–Trinajstić information content (AvgIpc) is 2.44. The Kier molecular flexibility index (Phi) is 6.72. The minimum atomic E-state index is -0.186. The minimum absolute atomic E-state index is 0.0606. The van der Waals surface area contributed by atoms with Gasteiger partial charge in [-0.25, -0.2) is 0 Å². The molecule has 0 spiro atoms. The number of carbonyl (C=O) groups is 2. The minimum Gasteiger partial charge on any atom is -0.482 e. The largest absolute Gasteiger partial charge is 0.482 e. The van der Waals surface area contributed by atoms with Gasteiger partial charge in [0.05, 0.1) is 5.69 Å². The maximum Gasteiger partial charge on any atom is 0.257 e. The number of amides is 1. The molecule has 0 bridgehead atoms. The summed E-state index contributed by atoms with van der Waals surface area (Å²) in [6.45, 7) is 6.52. The molecular weight excluding hydrogens is 268 g/mol. The van der Waals surface area contributed by atoms with Crippen molar-refractivity contribution < 1.29 is 14.3 Å². The van der Waals surface area contributed by atoms with E-state index in [9.17, 15) is 9.59 Å². The molecule has 1 aromatic carbocycles. The lowest BCUT2D eigenvalue weighted by atomic mass is 10.1. The Morgan fingerprint density at radius 2 is 2.05 bits per heavy atom. The first-order valence-electron chi connectivity index (χ1n) is 7.26. The van der Waals surface area contributed by atoms with Crippen molar-refractivity contribution in [1.29, 1.82) is 0 Å². The van der Waals surface area contributed by atoms with Gasteiger partial charge in [0, 0.05) is 18.5 Å². The summed E-state index contributed by atoms with van der Waals surface area (Å²) in [6.07, 6.45) is 1.30. The number of anilines is 1. The van der Waals surface area contributed by atoms with Crippen LogP contribution in [0.25, 0.3) is 0 Å². The standard InChI is InChI=1S/C16H24N2O3/c1-4-5-14(19)12-6-7-15(13(17)8-12)21-10-16(20)18-9-11(2)3/h6-8,11H,4-5,9-10,17H2,1-3H3,(H,18,20). The number of Topliss-reactive ketones (excluding diaryl/α,β-unsaturated/α-hetero) is 1. The van der Waals surface area contributed by atoms with Gasteiger partial charge in [-0.15, -0.1) is 0 Å². The molecular formula is C16H24N2O3. The molecule has 0 heterocycles. The molecule has 3 N–H and O–H groups in total. The van der Waals surface area contributed by atoms with Crippen LogP contribution in [0.5, 0.6) is 5.75 Å². The lowest BCUT2D eigenvalue weighted by Gasteiger charge is -2.11. The number of hydrogen-bond donors (Lipinski definition) is 2. The third-order valence-electron chi connectivity index (χ3n) is 2.88. The molecule has 5 heteroatoms. The predicted octanol–water partition coefficient (Wildman–Crippen LogP) is 2.40. The van der Waals surface area contributed by atoms with E-state index in [1.165, 1.54) is 0 Å². The van der Waals surface area contributed by atoms with Gasteiger partial charge in [0.15, 0.2) is 12.4 Å². The average molecular weight is 292 g/mol. The summed E-state index contributed by atoms with van der Waals surface area (Å²) in [5.41, 5.74) is 6.80. The van der Waals surface area contributed by atoms with Gasteiger partial charge in [0.2, 0.25) is 0 Å². The van der Waals surface area contributed by atoms with Gasteiger partial charge < -0.3 is 15.8 Å². The number of hydrogen-bond acceptors (Lipinski definition) is 4. The Morgan fingerprint density at radius 3 is 2.62 bits per heavy atom. The highest BCUT2D eigenvalue weighted by Crippen LogP contribution is 2.23. The molecule has 0 unspecified atom stereocenters. The van der Waals surface area contributed by atoms with Crippen molar-refractivity contribution in [2.24, 2.45) is 5.92 Å². The summed E-state index contributed by atoms with van der Waals surface area (Å²) in [6, 6.07) is 4.91. The zero-order chi connectivity index (χ0) is 15.8. The monoisotopic (exact) mass is 292 g/mol. The van der Waals surface area contributed by atoms with Crippen molar-refractivity contribution in [3.63, 3.8) is 0 Å². The molecule has 21 heavy (non-hydrogen) atoms. The van der Waals surface area contributed by atoms with Crippen molar-refractivity contribution >= 4 is 17.4 Å². The van der Waals surface area contributed by atoms with Crippen LogP contribution < -0.4 is 15.8 Å². The first-order valence-corrected chi connectivity index (χ1v) is 7.26. The summed E-state index contributed by atoms with van der Waals surface area (Å²) in [7, 11) is 0. The van der Waals surface area contributed by atoms with E-state index in [0.717, 1.165) is 6.42 Å². The van der Waals surface area contributed by atoms with Crippen LogP contribution in [0, 0.1) is 5.92 Å². The lowest BCUT2D eigenvalue weighted by Crippen LogP contribution is -2.31. The second-order valence-corrected chi connectivity index (χ2v) is 5.41. The van der Waals surface area contributed by atoms with E-state index in [2.05, 4.69) is 5.32 Å². The van der Waals surface area contributed by atoms with Gasteiger partial charge in [-0.3, -0.25) is 9.59 Å². The lowest BCUT2D eigenvalue weighted by molar-refractivity contribution is -0.123. The van der Waals surface area contributed by atoms with Crippen LogP contribution in [0.3, 0.4) is 0 Å². The second kappa shape index (κ2) is 8.29. The van der Waals surface area contributed by atoms with Gasteiger partial charge in [-0.05, 0) is 30.5 Å². The molecule has 5 nitrogen and oxygen atoms in total. The molecule has 0 aromatic heterocycles. The fourth-order valence-corrected chi connectivity index (χ4v) is 1.74. The highest BCUT2D eigenvalue weighted by atomic mass is 16.5. The number of rotatable bonds is 8. The maximum atomic E-state index is 11.8. The first-order chi connectivity index (χ1) is 9.93. The summed E-state index contributed by atoms with van der Waals surface area (Å²) < 4.78 is 5.38. The fraction of sp³-hybridized carbons (Fsp3) is 0.500. The molecule has 0 aliphatic rings. The second-order valence-electron chi connectivity index (χ2n) is 5.41. The third kappa shape index (κ3) is 5.85. The number of nitrogens with two attached hydrogens (primary N) is 1. The van der Waals surface area contributed by atoms with Crippen LogP contribution in [0.15, 0.2) is 18.2 Å². The van der Waals surface area contributed by atoms with Gasteiger partial charge >= 0.3 is 0 Å². The zero-order valence-electron chi connectivity index (χ0n) is 12.9. The van der Waals surface area contributed by atoms with E-state index in [1.807, 2.05) is 20.8 Å². The molecule has 0 aliphatic carbocycles. The zero-order valence-corrected chi connectivity index (χ0v) is 12.9. The van der Waals surface area contributed by atoms with Crippen LogP contribution in [0.4, 0.5) is 5.69 Å². The molecule has 0 atom stereocenters.